The minimum absolute atomic E-state index is 0.600. The van der Waals surface area contributed by atoms with Crippen molar-refractivity contribution in [1.29, 1.82) is 0 Å². The van der Waals surface area contributed by atoms with Crippen molar-refractivity contribution in [3.8, 4) is 0 Å². The molecule has 1 nitrogen and oxygen atoms in total. The van der Waals surface area contributed by atoms with E-state index in [-0.39, 0.29) is 0 Å². The first-order chi connectivity index (χ1) is 6.24. The Balaban J connectivity index is 2.50. The molecule has 3 heteroatoms. The van der Waals surface area contributed by atoms with Gasteiger partial charge in [-0.1, -0.05) is 0 Å². The summed E-state index contributed by atoms with van der Waals surface area (Å²) in [5.74, 6) is 0. The molecule has 1 N–H and O–H groups in total. The van der Waals surface area contributed by atoms with E-state index in [0.29, 0.717) is 6.04 Å². The van der Waals surface area contributed by atoms with E-state index in [1.54, 1.807) is 0 Å². The van der Waals surface area contributed by atoms with Crippen molar-refractivity contribution in [2.24, 2.45) is 0 Å². The molecule has 0 fully saturated rings. The van der Waals surface area contributed by atoms with Gasteiger partial charge >= 0.3 is 98.7 Å². The molecule has 0 radical (unpaired) electrons. The fourth-order valence-electron chi connectivity index (χ4n) is 1.07. The molecule has 13 heavy (non-hydrogen) atoms. The molecule has 0 heterocycles. The molecule has 0 aliphatic carbocycles. The molecule has 1 aromatic carbocycles. The van der Waals surface area contributed by atoms with Crippen molar-refractivity contribution in [2.75, 3.05) is 5.32 Å². The summed E-state index contributed by atoms with van der Waals surface area (Å²) in [5.41, 5.74) is 1.23. The van der Waals surface area contributed by atoms with E-state index in [2.05, 4.69) is 55.3 Å². The predicted octanol–water partition coefficient (Wildman–Crippen LogP) is 3.69. The van der Waals surface area contributed by atoms with Crippen LogP contribution in [0.3, 0.4) is 0 Å². The fraction of sp³-hybridized carbons (Fsp3) is 0.400. The second-order valence-electron chi connectivity index (χ2n) is 3.43. The van der Waals surface area contributed by atoms with Crippen LogP contribution in [0.4, 0.5) is 5.69 Å². The van der Waals surface area contributed by atoms with E-state index in [4.69, 9.17) is 0 Å². The van der Waals surface area contributed by atoms with E-state index < -0.39 is 22.1 Å². The topological polar surface area (TPSA) is 12.0 Å². The van der Waals surface area contributed by atoms with Gasteiger partial charge in [0.15, 0.2) is 0 Å². The minimum atomic E-state index is -0.741. The average molecular weight is 429 g/mol. The Morgan fingerprint density at radius 2 is 1.85 bits per heavy atom. The van der Waals surface area contributed by atoms with Gasteiger partial charge < -0.3 is 0 Å². The second kappa shape index (κ2) is 6.02. The summed E-state index contributed by atoms with van der Waals surface area (Å²) >= 11 is 2.97. The number of para-hydroxylation sites is 1. The molecule has 0 bridgehead atoms. The van der Waals surface area contributed by atoms with Crippen LogP contribution in [0.25, 0.3) is 0 Å². The van der Waals surface area contributed by atoms with E-state index in [0.717, 1.165) is 3.43 Å². The summed E-state index contributed by atoms with van der Waals surface area (Å²) in [5, 5.41) is 3.52. The van der Waals surface area contributed by atoms with E-state index >= 15 is 0 Å². The normalized spacial score (nSPS) is 14.4. The number of rotatable bonds is 4. The third-order valence-corrected chi connectivity index (χ3v) is 15.9. The van der Waals surface area contributed by atoms with Crippen LogP contribution in [0.5, 0.6) is 0 Å². The molecule has 0 aliphatic heterocycles. The Morgan fingerprint density at radius 3 is 2.38 bits per heavy atom. The number of benzene rings is 1. The van der Waals surface area contributed by atoms with Crippen LogP contribution < -0.4 is 5.32 Å². The maximum atomic E-state index is 3.71. The van der Waals surface area contributed by atoms with Crippen LogP contribution in [0.2, 0.25) is 3.43 Å². The monoisotopic (exact) mass is 429 g/mol. The first-order valence-electron chi connectivity index (χ1n) is 4.61. The number of hydrogen-bond acceptors (Lipinski definition) is 1. The van der Waals surface area contributed by atoms with Crippen LogP contribution in [-0.4, -0.2) is 6.04 Å². The van der Waals surface area contributed by atoms with Gasteiger partial charge in [-0.25, -0.2) is 0 Å². The molecular weight excluding hydrogens is 415 g/mol. The van der Waals surface area contributed by atoms with Gasteiger partial charge in [0.05, 0.1) is 0 Å². The third kappa shape index (κ3) is 3.98. The van der Waals surface area contributed by atoms with Crippen molar-refractivity contribution in [3.63, 3.8) is 0 Å². The molecule has 0 amide bonds. The summed E-state index contributed by atoms with van der Waals surface area (Å²) < 4.78 is 0.861. The van der Waals surface area contributed by atoms with Crippen LogP contribution in [0.15, 0.2) is 30.3 Å². The van der Waals surface area contributed by atoms with Crippen molar-refractivity contribution in [2.45, 2.75) is 23.3 Å². The van der Waals surface area contributed by atoms with Gasteiger partial charge in [-0.15, -0.1) is 0 Å². The quantitative estimate of drug-likeness (QED) is 0.721. The Labute approximate surface area is 98.0 Å². The molecule has 2 unspecified atom stereocenters. The Hall–Kier alpha value is 0.435. The van der Waals surface area contributed by atoms with E-state index in [1.165, 1.54) is 5.69 Å². The van der Waals surface area contributed by atoms with Crippen molar-refractivity contribution < 1.29 is 22.1 Å². The van der Waals surface area contributed by atoms with E-state index in [1.807, 2.05) is 6.07 Å². The molecule has 0 saturated carbocycles. The summed E-state index contributed by atoms with van der Waals surface area (Å²) in [6.45, 7) is 4.59. The van der Waals surface area contributed by atoms with E-state index in [9.17, 15) is 0 Å². The zero-order valence-electron chi connectivity index (χ0n) is 8.13. The predicted molar refractivity (Wildman–Crippen MR) is 57.9 cm³/mol. The van der Waals surface area contributed by atoms with Gasteiger partial charge in [0.1, 0.15) is 0 Å². The van der Waals surface area contributed by atoms with Gasteiger partial charge in [-0.3, -0.25) is 0 Å². The summed E-state index contributed by atoms with van der Waals surface area (Å²) in [4.78, 5) is 0. The first-order valence-corrected chi connectivity index (χ1v) is 19.7. The fourth-order valence-corrected chi connectivity index (χ4v) is 7.49. The Kier molecular flexibility index (Phi) is 5.33. The van der Waals surface area contributed by atoms with Crippen molar-refractivity contribution in [1.82, 2.24) is 0 Å². The zero-order chi connectivity index (χ0) is 9.68. The maximum absolute atomic E-state index is 3.71. The number of hydrogen-bond donors (Lipinski definition) is 1. The Morgan fingerprint density at radius 1 is 1.23 bits per heavy atom. The molecule has 1 rings (SSSR count). The summed E-state index contributed by atoms with van der Waals surface area (Å²) in [6, 6.07) is 11.0. The molecule has 1 aromatic rings. The molecule has 68 valence electrons. The number of halogens is 1. The molecule has 0 aromatic heterocycles. The second-order valence-corrected chi connectivity index (χ2v) is 15.3. The van der Waals surface area contributed by atoms with Crippen LogP contribution in [-0.2, 0) is 22.1 Å². The van der Waals surface area contributed by atoms with Crippen LogP contribution in [0.1, 0.15) is 13.8 Å². The summed E-state index contributed by atoms with van der Waals surface area (Å²) in [6.07, 6.45) is 0. The number of anilines is 1. The van der Waals surface area contributed by atoms with Gasteiger partial charge in [-0.05, 0) is 0 Å². The average Bonchev–Trinajstić information content (AvgIpc) is 2.18. The van der Waals surface area contributed by atoms with Crippen molar-refractivity contribution in [3.05, 3.63) is 30.3 Å². The zero-order valence-corrected chi connectivity index (χ0v) is 15.2. The SMILES string of the molecule is CC(Nc1ccccc1)[CH](C)[Hg][Br]. The van der Waals surface area contributed by atoms with Gasteiger partial charge in [-0.2, -0.15) is 0 Å². The van der Waals surface area contributed by atoms with Gasteiger partial charge in [0.25, 0.3) is 0 Å². The first kappa shape index (κ1) is 11.5. The van der Waals surface area contributed by atoms with Crippen LogP contribution >= 0.6 is 11.9 Å². The van der Waals surface area contributed by atoms with Gasteiger partial charge in [0, 0.05) is 0 Å². The summed E-state index contributed by atoms with van der Waals surface area (Å²) in [7, 11) is 0. The Bertz CT molecular complexity index is 240. The van der Waals surface area contributed by atoms with Gasteiger partial charge in [0.2, 0.25) is 0 Å². The molecular formula is C10H14BrHgN. The number of nitrogens with one attached hydrogen (secondary N) is 1. The standard InChI is InChI=1S/C10H14N.BrH.Hg/c1-3-9(2)11-10-7-5-4-6-8-10;;/h3-9,11H,1-2H3;1H;/q;;+1/p-1. The molecule has 0 aliphatic rings. The molecule has 2 atom stereocenters. The third-order valence-electron chi connectivity index (χ3n) is 2.27. The van der Waals surface area contributed by atoms with Crippen LogP contribution in [0, 0.1) is 0 Å². The molecule has 0 spiro atoms. The van der Waals surface area contributed by atoms with Crippen molar-refractivity contribution >= 4 is 17.6 Å². The molecule has 0 saturated heterocycles.